The van der Waals surface area contributed by atoms with E-state index < -0.39 is 59.9 Å². The minimum atomic E-state index is -1.37. The van der Waals surface area contributed by atoms with Crippen molar-refractivity contribution in [1.29, 1.82) is 0 Å². The number of hydrogen-bond acceptors (Lipinski definition) is 7. The number of carbonyl (C=O) groups excluding carboxylic acids is 5. The molecule has 0 fully saturated rings. The SMILES string of the molecule is CCOC(=O)CCNC(=O)C(c1ccccc1C)N(C(=O)C(CC(N)=O)NC(=O)OC(C)(C)C)C(C)CC. The number of hydrogen-bond donors (Lipinski definition) is 3. The quantitative estimate of drug-likeness (QED) is 0.328. The average molecular weight is 535 g/mol. The van der Waals surface area contributed by atoms with Crippen molar-refractivity contribution < 1.29 is 33.4 Å². The molecule has 0 aliphatic heterocycles. The summed E-state index contributed by atoms with van der Waals surface area (Å²) in [4.78, 5) is 65.1. The highest BCUT2D eigenvalue weighted by Crippen LogP contribution is 2.28. The fourth-order valence-corrected chi connectivity index (χ4v) is 3.76. The molecule has 0 spiro atoms. The fourth-order valence-electron chi connectivity index (χ4n) is 3.76. The number of benzene rings is 1. The largest absolute Gasteiger partial charge is 0.466 e. The van der Waals surface area contributed by atoms with Gasteiger partial charge in [0.1, 0.15) is 17.7 Å². The van der Waals surface area contributed by atoms with E-state index in [1.54, 1.807) is 46.8 Å². The van der Waals surface area contributed by atoms with Gasteiger partial charge in [-0.15, -0.1) is 0 Å². The van der Waals surface area contributed by atoms with Crippen LogP contribution in [0.15, 0.2) is 24.3 Å². The third kappa shape index (κ3) is 10.4. The Balaban J connectivity index is 3.47. The highest BCUT2D eigenvalue weighted by molar-refractivity contribution is 5.95. The van der Waals surface area contributed by atoms with E-state index in [1.165, 1.54) is 4.90 Å². The number of amides is 4. The molecule has 212 valence electrons. The number of carbonyl (C=O) groups is 5. The summed E-state index contributed by atoms with van der Waals surface area (Å²) in [5, 5.41) is 5.18. The van der Waals surface area contributed by atoms with Gasteiger partial charge in [0.05, 0.1) is 19.4 Å². The van der Waals surface area contributed by atoms with Gasteiger partial charge in [-0.05, 0) is 59.1 Å². The lowest BCUT2D eigenvalue weighted by atomic mass is 9.96. The predicted octanol–water partition coefficient (Wildman–Crippen LogP) is 2.50. The zero-order valence-electron chi connectivity index (χ0n) is 23.5. The van der Waals surface area contributed by atoms with Crippen LogP contribution in [0.3, 0.4) is 0 Å². The lowest BCUT2D eigenvalue weighted by Gasteiger charge is -2.38. The van der Waals surface area contributed by atoms with Crippen LogP contribution in [0.2, 0.25) is 0 Å². The second-order valence-electron chi connectivity index (χ2n) is 9.98. The van der Waals surface area contributed by atoms with Gasteiger partial charge in [0.2, 0.25) is 17.7 Å². The van der Waals surface area contributed by atoms with Crippen LogP contribution in [0, 0.1) is 6.92 Å². The van der Waals surface area contributed by atoms with Crippen LogP contribution in [0.25, 0.3) is 0 Å². The normalized spacial score (nSPS) is 13.4. The van der Waals surface area contributed by atoms with Crippen molar-refractivity contribution >= 4 is 29.8 Å². The van der Waals surface area contributed by atoms with E-state index in [1.807, 2.05) is 26.0 Å². The lowest BCUT2D eigenvalue weighted by molar-refractivity contribution is -0.146. The zero-order valence-corrected chi connectivity index (χ0v) is 23.5. The van der Waals surface area contributed by atoms with Crippen molar-refractivity contribution in [2.75, 3.05) is 13.2 Å². The fraction of sp³-hybridized carbons (Fsp3) is 0.593. The molecule has 0 aliphatic rings. The second-order valence-corrected chi connectivity index (χ2v) is 9.98. The Bertz CT molecular complexity index is 990. The molecule has 3 atom stereocenters. The summed E-state index contributed by atoms with van der Waals surface area (Å²) >= 11 is 0. The molecule has 0 radical (unpaired) electrons. The van der Waals surface area contributed by atoms with Crippen LogP contribution in [-0.2, 0) is 28.7 Å². The Morgan fingerprint density at radius 2 is 1.71 bits per heavy atom. The first kappa shape index (κ1) is 32.4. The van der Waals surface area contributed by atoms with Crippen LogP contribution in [0.1, 0.15) is 78.0 Å². The van der Waals surface area contributed by atoms with Crippen molar-refractivity contribution in [1.82, 2.24) is 15.5 Å². The molecule has 1 aromatic carbocycles. The first-order valence-electron chi connectivity index (χ1n) is 12.8. The molecule has 4 N–H and O–H groups in total. The zero-order chi connectivity index (χ0) is 29.0. The molecule has 0 aliphatic carbocycles. The van der Waals surface area contributed by atoms with E-state index in [9.17, 15) is 24.0 Å². The number of esters is 1. The topological polar surface area (TPSA) is 157 Å². The third-order valence-electron chi connectivity index (χ3n) is 5.66. The molecule has 11 heteroatoms. The van der Waals surface area contributed by atoms with Gasteiger partial charge >= 0.3 is 12.1 Å². The minimum Gasteiger partial charge on any atom is -0.466 e. The summed E-state index contributed by atoms with van der Waals surface area (Å²) < 4.78 is 10.2. The number of ether oxygens (including phenoxy) is 2. The molecule has 4 amide bonds. The van der Waals surface area contributed by atoms with E-state index in [0.717, 1.165) is 5.56 Å². The van der Waals surface area contributed by atoms with Crippen molar-refractivity contribution in [3.63, 3.8) is 0 Å². The first-order valence-corrected chi connectivity index (χ1v) is 12.8. The highest BCUT2D eigenvalue weighted by Gasteiger charge is 2.39. The van der Waals surface area contributed by atoms with Crippen molar-refractivity contribution in [2.45, 2.75) is 91.5 Å². The molecule has 0 bridgehead atoms. The predicted molar refractivity (Wildman–Crippen MR) is 142 cm³/mol. The molecule has 11 nitrogen and oxygen atoms in total. The minimum absolute atomic E-state index is 0.00343. The molecule has 0 heterocycles. The Morgan fingerprint density at radius 3 is 2.24 bits per heavy atom. The van der Waals surface area contributed by atoms with Crippen LogP contribution < -0.4 is 16.4 Å². The summed E-state index contributed by atoms with van der Waals surface area (Å²) in [6.07, 6.45) is -0.954. The Morgan fingerprint density at radius 1 is 1.08 bits per heavy atom. The van der Waals surface area contributed by atoms with Crippen molar-refractivity contribution in [3.8, 4) is 0 Å². The van der Waals surface area contributed by atoms with E-state index in [4.69, 9.17) is 15.2 Å². The van der Waals surface area contributed by atoms with Gasteiger partial charge in [-0.2, -0.15) is 0 Å². The number of nitrogens with zero attached hydrogens (tertiary/aromatic N) is 1. The average Bonchev–Trinajstić information content (AvgIpc) is 2.80. The number of nitrogens with one attached hydrogen (secondary N) is 2. The Hall–Kier alpha value is -3.63. The Kier molecular flexibility index (Phi) is 12.7. The second kappa shape index (κ2) is 14.9. The summed E-state index contributed by atoms with van der Waals surface area (Å²) in [5.74, 6) is -2.46. The molecule has 0 saturated heterocycles. The van der Waals surface area contributed by atoms with Gasteiger partial charge in [0, 0.05) is 12.6 Å². The molecule has 1 aromatic rings. The van der Waals surface area contributed by atoms with E-state index in [2.05, 4.69) is 10.6 Å². The summed E-state index contributed by atoms with van der Waals surface area (Å²) in [6.45, 7) is 12.3. The summed E-state index contributed by atoms with van der Waals surface area (Å²) in [7, 11) is 0. The number of alkyl carbamates (subject to hydrolysis) is 1. The van der Waals surface area contributed by atoms with Crippen LogP contribution in [-0.4, -0.2) is 65.5 Å². The number of primary amides is 1. The van der Waals surface area contributed by atoms with E-state index in [0.29, 0.717) is 12.0 Å². The van der Waals surface area contributed by atoms with Crippen molar-refractivity contribution in [2.24, 2.45) is 5.73 Å². The number of rotatable bonds is 13. The maximum absolute atomic E-state index is 14.0. The number of aryl methyl sites for hydroxylation is 1. The van der Waals surface area contributed by atoms with Crippen LogP contribution in [0.5, 0.6) is 0 Å². The smallest absolute Gasteiger partial charge is 0.408 e. The molecular formula is C27H42N4O7. The number of nitrogens with two attached hydrogens (primary N) is 1. The molecule has 38 heavy (non-hydrogen) atoms. The Labute approximate surface area is 224 Å². The summed E-state index contributed by atoms with van der Waals surface area (Å²) in [5.41, 5.74) is 5.88. The molecule has 0 saturated carbocycles. The highest BCUT2D eigenvalue weighted by atomic mass is 16.6. The van der Waals surface area contributed by atoms with Gasteiger partial charge in [0.15, 0.2) is 0 Å². The molecular weight excluding hydrogens is 492 g/mol. The van der Waals surface area contributed by atoms with Gasteiger partial charge < -0.3 is 30.7 Å². The lowest BCUT2D eigenvalue weighted by Crippen LogP contribution is -2.56. The standard InChI is InChI=1S/C27H42N4O7/c1-8-18(4)31(25(35)20(16-21(28)32)30-26(36)38-27(5,6)7)23(19-13-11-10-12-17(19)3)24(34)29-15-14-22(33)37-9-2/h10-13,18,20,23H,8-9,14-16H2,1-7H3,(H2,28,32)(H,29,34)(H,30,36). The molecule has 3 unspecified atom stereocenters. The van der Waals surface area contributed by atoms with Gasteiger partial charge in [-0.25, -0.2) is 4.79 Å². The van der Waals surface area contributed by atoms with Gasteiger partial charge in [-0.1, -0.05) is 31.2 Å². The van der Waals surface area contributed by atoms with Crippen molar-refractivity contribution in [3.05, 3.63) is 35.4 Å². The molecule has 1 rings (SSSR count). The maximum atomic E-state index is 14.0. The van der Waals surface area contributed by atoms with Gasteiger partial charge in [0.25, 0.3) is 0 Å². The summed E-state index contributed by atoms with van der Waals surface area (Å²) in [6, 6.07) is 4.15. The maximum Gasteiger partial charge on any atom is 0.408 e. The van der Waals surface area contributed by atoms with E-state index >= 15 is 0 Å². The molecule has 0 aromatic heterocycles. The van der Waals surface area contributed by atoms with Crippen LogP contribution >= 0.6 is 0 Å². The van der Waals surface area contributed by atoms with E-state index in [-0.39, 0.29) is 19.6 Å². The monoisotopic (exact) mass is 534 g/mol. The third-order valence-corrected chi connectivity index (χ3v) is 5.66. The first-order chi connectivity index (χ1) is 17.7. The van der Waals surface area contributed by atoms with Crippen LogP contribution in [0.4, 0.5) is 4.79 Å². The van der Waals surface area contributed by atoms with Gasteiger partial charge in [-0.3, -0.25) is 19.2 Å².